The van der Waals surface area contributed by atoms with Crippen molar-refractivity contribution in [1.82, 2.24) is 0 Å². The lowest BCUT2D eigenvalue weighted by atomic mass is 9.71. The van der Waals surface area contributed by atoms with Crippen LogP contribution in [0.15, 0.2) is 24.3 Å². The molecule has 1 aromatic rings. The molecule has 0 radical (unpaired) electrons. The Labute approximate surface area is 113 Å². The number of carbonyl (C=O) groups is 1. The van der Waals surface area contributed by atoms with Crippen molar-refractivity contribution in [3.05, 3.63) is 30.1 Å². The van der Waals surface area contributed by atoms with E-state index in [0.717, 1.165) is 6.42 Å². The van der Waals surface area contributed by atoms with E-state index in [1.807, 2.05) is 0 Å². The van der Waals surface area contributed by atoms with Gasteiger partial charge in [0.05, 0.1) is 0 Å². The minimum Gasteiger partial charge on any atom is -0.371 e. The quantitative estimate of drug-likeness (QED) is 0.882. The largest absolute Gasteiger partial charge is 0.371 e. The molecule has 19 heavy (non-hydrogen) atoms. The number of hydrogen-bond acceptors (Lipinski definition) is 2. The number of anilines is 1. The Kier molecular flexibility index (Phi) is 3.78. The summed E-state index contributed by atoms with van der Waals surface area (Å²) in [6, 6.07) is 6.17. The minimum absolute atomic E-state index is 0.318. The number of carbonyl (C=O) groups excluding carboxylic acids is 1. The molecular formula is C15H21FN2O. The van der Waals surface area contributed by atoms with Crippen LogP contribution in [0.3, 0.4) is 0 Å². The van der Waals surface area contributed by atoms with Crippen molar-refractivity contribution in [3.8, 4) is 0 Å². The predicted octanol–water partition coefficient (Wildman–Crippen LogP) is 2.92. The Morgan fingerprint density at radius 1 is 1.37 bits per heavy atom. The van der Waals surface area contributed by atoms with Crippen molar-refractivity contribution in [2.45, 2.75) is 38.6 Å². The van der Waals surface area contributed by atoms with E-state index in [2.05, 4.69) is 19.2 Å². The number of nitrogens with two attached hydrogens (primary N) is 1. The van der Waals surface area contributed by atoms with Gasteiger partial charge in [-0.15, -0.1) is 0 Å². The Morgan fingerprint density at radius 3 is 2.53 bits per heavy atom. The van der Waals surface area contributed by atoms with Crippen molar-refractivity contribution >= 4 is 11.6 Å². The Balaban J connectivity index is 2.27. The van der Waals surface area contributed by atoms with Crippen LogP contribution in [0.5, 0.6) is 0 Å². The van der Waals surface area contributed by atoms with Crippen molar-refractivity contribution < 1.29 is 9.18 Å². The van der Waals surface area contributed by atoms with E-state index in [0.29, 0.717) is 30.4 Å². The zero-order valence-electron chi connectivity index (χ0n) is 11.4. The summed E-state index contributed by atoms with van der Waals surface area (Å²) in [5.41, 5.74) is 5.47. The maximum atomic E-state index is 13.2. The Bertz CT molecular complexity index is 465. The second-order valence-corrected chi connectivity index (χ2v) is 5.94. The molecule has 0 aliphatic heterocycles. The first-order valence-corrected chi connectivity index (χ1v) is 6.75. The van der Waals surface area contributed by atoms with Gasteiger partial charge in [0.2, 0.25) is 5.91 Å². The number of primary amides is 1. The van der Waals surface area contributed by atoms with Gasteiger partial charge in [-0.1, -0.05) is 19.9 Å². The van der Waals surface area contributed by atoms with Gasteiger partial charge in [-0.25, -0.2) is 4.39 Å². The Morgan fingerprint density at radius 2 is 2.00 bits per heavy atom. The molecule has 2 unspecified atom stereocenters. The molecule has 1 aromatic carbocycles. The van der Waals surface area contributed by atoms with Crippen molar-refractivity contribution in [1.29, 1.82) is 0 Å². The van der Waals surface area contributed by atoms with E-state index >= 15 is 0 Å². The van der Waals surface area contributed by atoms with E-state index in [4.69, 9.17) is 5.73 Å². The molecule has 0 aromatic heterocycles. The number of amides is 1. The molecule has 1 amide bonds. The third kappa shape index (κ3) is 3.06. The van der Waals surface area contributed by atoms with Crippen LogP contribution >= 0.6 is 0 Å². The molecule has 0 saturated heterocycles. The molecule has 1 fully saturated rings. The number of rotatable bonds is 3. The van der Waals surface area contributed by atoms with Crippen LogP contribution in [0.25, 0.3) is 0 Å². The van der Waals surface area contributed by atoms with Crippen LogP contribution in [0.1, 0.15) is 33.1 Å². The summed E-state index contributed by atoms with van der Waals surface area (Å²) >= 11 is 0. The van der Waals surface area contributed by atoms with Gasteiger partial charge in [0.25, 0.3) is 0 Å². The average Bonchev–Trinajstić information content (AvgIpc) is 2.27. The molecule has 3 nitrogen and oxygen atoms in total. The lowest BCUT2D eigenvalue weighted by Gasteiger charge is -2.41. The standard InChI is InChI=1S/C15H21FN2O/c1-10-6-11(2)9-15(8-10,14(17)19)18-13-5-3-4-12(16)7-13/h3-5,7,10-11,18H,6,8-9H2,1-2H3,(H2,17,19). The van der Waals surface area contributed by atoms with Gasteiger partial charge in [-0.2, -0.15) is 0 Å². The summed E-state index contributed by atoms with van der Waals surface area (Å²) in [7, 11) is 0. The molecule has 1 saturated carbocycles. The normalized spacial score (nSPS) is 30.9. The third-order valence-electron chi connectivity index (χ3n) is 3.88. The number of benzene rings is 1. The first-order chi connectivity index (χ1) is 8.91. The molecule has 3 N–H and O–H groups in total. The van der Waals surface area contributed by atoms with E-state index in [9.17, 15) is 9.18 Å². The fourth-order valence-electron chi connectivity index (χ4n) is 3.33. The van der Waals surface area contributed by atoms with E-state index in [1.54, 1.807) is 12.1 Å². The van der Waals surface area contributed by atoms with Crippen LogP contribution in [0.2, 0.25) is 0 Å². The second-order valence-electron chi connectivity index (χ2n) is 5.94. The lowest BCUT2D eigenvalue weighted by molar-refractivity contribution is -0.124. The highest BCUT2D eigenvalue weighted by molar-refractivity contribution is 5.88. The lowest BCUT2D eigenvalue weighted by Crippen LogP contribution is -2.54. The number of nitrogens with one attached hydrogen (secondary N) is 1. The van der Waals surface area contributed by atoms with E-state index in [1.165, 1.54) is 12.1 Å². The van der Waals surface area contributed by atoms with Gasteiger partial charge in [-0.3, -0.25) is 4.79 Å². The molecule has 1 aliphatic rings. The smallest absolute Gasteiger partial charge is 0.243 e. The van der Waals surface area contributed by atoms with Gasteiger partial charge in [0, 0.05) is 5.69 Å². The van der Waals surface area contributed by atoms with Gasteiger partial charge in [0.15, 0.2) is 0 Å². The van der Waals surface area contributed by atoms with Gasteiger partial charge in [0.1, 0.15) is 11.4 Å². The summed E-state index contributed by atoms with van der Waals surface area (Å²) in [5.74, 6) is 0.186. The minimum atomic E-state index is -0.759. The summed E-state index contributed by atoms with van der Waals surface area (Å²) in [4.78, 5) is 11.9. The van der Waals surface area contributed by atoms with E-state index in [-0.39, 0.29) is 11.7 Å². The second kappa shape index (κ2) is 5.19. The van der Waals surface area contributed by atoms with Crippen LogP contribution in [0, 0.1) is 17.7 Å². The molecule has 0 spiro atoms. The van der Waals surface area contributed by atoms with Crippen molar-refractivity contribution in [2.24, 2.45) is 17.6 Å². The summed E-state index contributed by atoms with van der Waals surface area (Å²) < 4.78 is 13.2. The van der Waals surface area contributed by atoms with E-state index < -0.39 is 5.54 Å². The molecule has 0 heterocycles. The van der Waals surface area contributed by atoms with Gasteiger partial charge < -0.3 is 11.1 Å². The molecule has 0 bridgehead atoms. The molecule has 1 aliphatic carbocycles. The fraction of sp³-hybridized carbons (Fsp3) is 0.533. The molecular weight excluding hydrogens is 243 g/mol. The SMILES string of the molecule is CC1CC(C)CC(Nc2cccc(F)c2)(C(N)=O)C1. The highest BCUT2D eigenvalue weighted by Crippen LogP contribution is 2.38. The van der Waals surface area contributed by atoms with Crippen LogP contribution < -0.4 is 11.1 Å². The first kappa shape index (κ1) is 13.8. The van der Waals surface area contributed by atoms with Crippen molar-refractivity contribution in [2.75, 3.05) is 5.32 Å². The summed E-state index contributed by atoms with van der Waals surface area (Å²) in [6.45, 7) is 4.25. The topological polar surface area (TPSA) is 55.1 Å². The molecule has 4 heteroatoms. The average molecular weight is 264 g/mol. The molecule has 2 rings (SSSR count). The van der Waals surface area contributed by atoms with Gasteiger partial charge in [-0.05, 0) is 49.3 Å². The maximum Gasteiger partial charge on any atom is 0.243 e. The predicted molar refractivity (Wildman–Crippen MR) is 74.1 cm³/mol. The van der Waals surface area contributed by atoms with Crippen LogP contribution in [-0.4, -0.2) is 11.4 Å². The first-order valence-electron chi connectivity index (χ1n) is 6.75. The van der Waals surface area contributed by atoms with Crippen LogP contribution in [0.4, 0.5) is 10.1 Å². The summed E-state index contributed by atoms with van der Waals surface area (Å²) in [5, 5.41) is 3.18. The molecule has 2 atom stereocenters. The fourth-order valence-corrected chi connectivity index (χ4v) is 3.33. The van der Waals surface area contributed by atoms with Gasteiger partial charge >= 0.3 is 0 Å². The van der Waals surface area contributed by atoms with Crippen LogP contribution in [-0.2, 0) is 4.79 Å². The number of halogens is 1. The highest BCUT2D eigenvalue weighted by atomic mass is 19.1. The summed E-state index contributed by atoms with van der Waals surface area (Å²) in [6.07, 6.45) is 2.49. The molecule has 104 valence electrons. The van der Waals surface area contributed by atoms with Crippen molar-refractivity contribution in [3.63, 3.8) is 0 Å². The number of hydrogen-bond donors (Lipinski definition) is 2. The monoisotopic (exact) mass is 264 g/mol. The highest BCUT2D eigenvalue weighted by Gasteiger charge is 2.42. The zero-order chi connectivity index (χ0) is 14.0. The zero-order valence-corrected chi connectivity index (χ0v) is 11.4. The Hall–Kier alpha value is -1.58. The maximum absolute atomic E-state index is 13.2. The third-order valence-corrected chi connectivity index (χ3v) is 3.88.